The minimum absolute atomic E-state index is 0.282. The van der Waals surface area contributed by atoms with Crippen LogP contribution in [0.2, 0.25) is 0 Å². The van der Waals surface area contributed by atoms with E-state index in [1.165, 1.54) is 0 Å². The summed E-state index contributed by atoms with van der Waals surface area (Å²) in [6, 6.07) is 5.04. The molecule has 1 aliphatic rings. The lowest BCUT2D eigenvalue weighted by Gasteiger charge is -2.36. The molecule has 110 valence electrons. The van der Waals surface area contributed by atoms with Crippen LogP contribution in [0, 0.1) is 6.92 Å². The highest BCUT2D eigenvalue weighted by Gasteiger charge is 2.31. The highest BCUT2D eigenvalue weighted by molar-refractivity contribution is 5.88. The molecule has 1 fully saturated rings. The SMILES string of the molecule is Cc1cc(C(=O)O)ccc1N(C)CC1(O)CCOCC1. The summed E-state index contributed by atoms with van der Waals surface area (Å²) in [5.74, 6) is -0.926. The van der Waals surface area contributed by atoms with Crippen LogP contribution in [0.5, 0.6) is 0 Å². The zero-order valence-corrected chi connectivity index (χ0v) is 11.9. The number of carboxylic acids is 1. The standard InChI is InChI=1S/C15H21NO4/c1-11-9-12(14(17)18)3-4-13(11)16(2)10-15(19)5-7-20-8-6-15/h3-4,9,19H,5-8,10H2,1-2H3,(H,17,18). The van der Waals surface area contributed by atoms with Gasteiger partial charge in [0.15, 0.2) is 0 Å². The van der Waals surface area contributed by atoms with Gasteiger partial charge in [-0.3, -0.25) is 0 Å². The molecule has 5 heteroatoms. The first-order chi connectivity index (χ1) is 9.41. The Hall–Kier alpha value is -1.59. The van der Waals surface area contributed by atoms with Gasteiger partial charge in [-0.05, 0) is 30.7 Å². The number of rotatable bonds is 4. The lowest BCUT2D eigenvalue weighted by molar-refractivity contribution is -0.0572. The fourth-order valence-electron chi connectivity index (χ4n) is 2.65. The van der Waals surface area contributed by atoms with Crippen molar-refractivity contribution < 1.29 is 19.7 Å². The van der Waals surface area contributed by atoms with Crippen molar-refractivity contribution >= 4 is 11.7 Å². The largest absolute Gasteiger partial charge is 0.478 e. The van der Waals surface area contributed by atoms with Crippen molar-refractivity contribution in [2.24, 2.45) is 0 Å². The summed E-state index contributed by atoms with van der Waals surface area (Å²) < 4.78 is 5.27. The Bertz CT molecular complexity index is 495. The fourth-order valence-corrected chi connectivity index (χ4v) is 2.65. The van der Waals surface area contributed by atoms with Crippen molar-refractivity contribution in [1.29, 1.82) is 0 Å². The van der Waals surface area contributed by atoms with Crippen molar-refractivity contribution in [2.75, 3.05) is 31.7 Å². The first kappa shape index (κ1) is 14.8. The monoisotopic (exact) mass is 279 g/mol. The van der Waals surface area contributed by atoms with Crippen LogP contribution in [-0.2, 0) is 4.74 Å². The summed E-state index contributed by atoms with van der Waals surface area (Å²) in [6.07, 6.45) is 1.26. The number of aliphatic hydroxyl groups is 1. The number of carbonyl (C=O) groups is 1. The van der Waals surface area contributed by atoms with Crippen LogP contribution in [0.3, 0.4) is 0 Å². The van der Waals surface area contributed by atoms with E-state index in [0.717, 1.165) is 11.3 Å². The molecule has 0 amide bonds. The third-order valence-electron chi connectivity index (χ3n) is 3.81. The van der Waals surface area contributed by atoms with E-state index >= 15 is 0 Å². The van der Waals surface area contributed by atoms with Crippen molar-refractivity contribution in [3.63, 3.8) is 0 Å². The molecule has 0 aromatic heterocycles. The van der Waals surface area contributed by atoms with Crippen LogP contribution >= 0.6 is 0 Å². The average Bonchev–Trinajstić information content (AvgIpc) is 2.38. The number of carboxylic acid groups (broad SMARTS) is 1. The number of benzene rings is 1. The lowest BCUT2D eigenvalue weighted by Crippen LogP contribution is -2.45. The van der Waals surface area contributed by atoms with Crippen LogP contribution in [0.25, 0.3) is 0 Å². The molecule has 0 spiro atoms. The molecular weight excluding hydrogens is 258 g/mol. The second kappa shape index (κ2) is 5.81. The third kappa shape index (κ3) is 3.29. The van der Waals surface area contributed by atoms with E-state index in [1.807, 2.05) is 18.9 Å². The number of anilines is 1. The number of likely N-dealkylation sites (N-methyl/N-ethyl adjacent to an activating group) is 1. The number of aromatic carboxylic acids is 1. The highest BCUT2D eigenvalue weighted by atomic mass is 16.5. The molecule has 20 heavy (non-hydrogen) atoms. The van der Waals surface area contributed by atoms with Gasteiger partial charge < -0.3 is 19.8 Å². The van der Waals surface area contributed by atoms with Crippen molar-refractivity contribution in [3.05, 3.63) is 29.3 Å². The number of hydrogen-bond donors (Lipinski definition) is 2. The molecule has 1 heterocycles. The minimum atomic E-state index is -0.926. The second-order valence-electron chi connectivity index (χ2n) is 5.50. The number of nitrogens with zero attached hydrogens (tertiary/aromatic N) is 1. The van der Waals surface area contributed by atoms with Gasteiger partial charge in [0.2, 0.25) is 0 Å². The van der Waals surface area contributed by atoms with E-state index in [2.05, 4.69) is 0 Å². The molecule has 1 aromatic rings. The van der Waals surface area contributed by atoms with E-state index in [-0.39, 0.29) is 5.56 Å². The van der Waals surface area contributed by atoms with Crippen molar-refractivity contribution in [2.45, 2.75) is 25.4 Å². The summed E-state index contributed by atoms with van der Waals surface area (Å²) in [4.78, 5) is 12.9. The zero-order valence-electron chi connectivity index (χ0n) is 11.9. The molecule has 0 atom stereocenters. The molecule has 1 saturated heterocycles. The minimum Gasteiger partial charge on any atom is -0.478 e. The second-order valence-corrected chi connectivity index (χ2v) is 5.50. The quantitative estimate of drug-likeness (QED) is 0.877. The van der Waals surface area contributed by atoms with Gasteiger partial charge in [-0.15, -0.1) is 0 Å². The van der Waals surface area contributed by atoms with Crippen LogP contribution in [-0.4, -0.2) is 48.6 Å². The maximum Gasteiger partial charge on any atom is 0.335 e. The molecular formula is C15H21NO4. The number of ether oxygens (including phenoxy) is 1. The molecule has 0 aliphatic carbocycles. The highest BCUT2D eigenvalue weighted by Crippen LogP contribution is 2.26. The van der Waals surface area contributed by atoms with E-state index in [1.54, 1.807) is 18.2 Å². The fraction of sp³-hybridized carbons (Fsp3) is 0.533. The van der Waals surface area contributed by atoms with E-state index < -0.39 is 11.6 Å². The van der Waals surface area contributed by atoms with Crippen LogP contribution in [0.1, 0.15) is 28.8 Å². The van der Waals surface area contributed by atoms with Crippen molar-refractivity contribution in [3.8, 4) is 0 Å². The van der Waals surface area contributed by atoms with Gasteiger partial charge in [0.25, 0.3) is 0 Å². The summed E-state index contributed by atoms with van der Waals surface area (Å²) in [7, 11) is 1.91. The summed E-state index contributed by atoms with van der Waals surface area (Å²) in [6.45, 7) is 3.57. The predicted octanol–water partition coefficient (Wildman–Crippen LogP) is 1.67. The van der Waals surface area contributed by atoms with Gasteiger partial charge in [0, 0.05) is 45.3 Å². The Kier molecular flexibility index (Phi) is 4.30. The summed E-state index contributed by atoms with van der Waals surface area (Å²) >= 11 is 0. The van der Waals surface area contributed by atoms with E-state index in [4.69, 9.17) is 9.84 Å². The van der Waals surface area contributed by atoms with Gasteiger partial charge in [-0.25, -0.2) is 4.79 Å². The molecule has 0 bridgehead atoms. The van der Waals surface area contributed by atoms with Gasteiger partial charge in [-0.2, -0.15) is 0 Å². The normalized spacial score (nSPS) is 17.8. The Balaban J connectivity index is 2.12. The number of hydrogen-bond acceptors (Lipinski definition) is 4. The smallest absolute Gasteiger partial charge is 0.335 e. The average molecular weight is 279 g/mol. The van der Waals surface area contributed by atoms with Crippen LogP contribution < -0.4 is 4.90 Å². The lowest BCUT2D eigenvalue weighted by atomic mass is 9.93. The molecule has 0 saturated carbocycles. The summed E-state index contributed by atoms with van der Waals surface area (Å²) in [5, 5.41) is 19.5. The number of aryl methyl sites for hydroxylation is 1. The first-order valence-corrected chi connectivity index (χ1v) is 6.76. The molecule has 2 N–H and O–H groups in total. The predicted molar refractivity (Wildman–Crippen MR) is 76.4 cm³/mol. The Morgan fingerprint density at radius 1 is 1.40 bits per heavy atom. The molecule has 5 nitrogen and oxygen atoms in total. The Morgan fingerprint density at radius 3 is 2.60 bits per heavy atom. The zero-order chi connectivity index (χ0) is 14.8. The van der Waals surface area contributed by atoms with Crippen LogP contribution in [0.4, 0.5) is 5.69 Å². The van der Waals surface area contributed by atoms with E-state index in [0.29, 0.717) is 32.6 Å². The van der Waals surface area contributed by atoms with Crippen LogP contribution in [0.15, 0.2) is 18.2 Å². The molecule has 0 unspecified atom stereocenters. The van der Waals surface area contributed by atoms with E-state index in [9.17, 15) is 9.90 Å². The molecule has 2 rings (SSSR count). The van der Waals surface area contributed by atoms with Gasteiger partial charge in [-0.1, -0.05) is 0 Å². The topological polar surface area (TPSA) is 70.0 Å². The molecule has 0 radical (unpaired) electrons. The third-order valence-corrected chi connectivity index (χ3v) is 3.81. The van der Waals surface area contributed by atoms with Crippen molar-refractivity contribution in [1.82, 2.24) is 0 Å². The molecule has 1 aromatic carbocycles. The maximum atomic E-state index is 10.9. The summed E-state index contributed by atoms with van der Waals surface area (Å²) in [5.41, 5.74) is 1.38. The Labute approximate surface area is 118 Å². The molecule has 1 aliphatic heterocycles. The first-order valence-electron chi connectivity index (χ1n) is 6.76. The van der Waals surface area contributed by atoms with Gasteiger partial charge in [0.05, 0.1) is 11.2 Å². The van der Waals surface area contributed by atoms with Gasteiger partial charge in [0.1, 0.15) is 0 Å². The Morgan fingerprint density at radius 2 is 2.05 bits per heavy atom. The maximum absolute atomic E-state index is 10.9. The van der Waals surface area contributed by atoms with Gasteiger partial charge >= 0.3 is 5.97 Å².